The normalized spacial score (nSPS) is 15.2. The van der Waals surface area contributed by atoms with Gasteiger partial charge in [0.05, 0.1) is 30.1 Å². The van der Waals surface area contributed by atoms with E-state index in [9.17, 15) is 0 Å². The lowest BCUT2D eigenvalue weighted by molar-refractivity contribution is 0.122. The highest BCUT2D eigenvalue weighted by Crippen LogP contribution is 2.31. The molecule has 0 saturated carbocycles. The summed E-state index contributed by atoms with van der Waals surface area (Å²) in [6, 6.07) is 0. The van der Waals surface area contributed by atoms with Crippen LogP contribution in [-0.4, -0.2) is 68.6 Å². The van der Waals surface area contributed by atoms with Gasteiger partial charge in [-0.1, -0.05) is 13.8 Å². The standard InChI is InChI=1S/C22H32N8O/c1-5-7-30(6-2)22(3,4)18-15-29-14-17(16-12-24-21(23)25-13-16)26-19(20(29)27-18)28-8-10-31-11-9-28/h12-15H,5-11H2,1-4H3,(H2,23,24,25). The average molecular weight is 425 g/mol. The van der Waals surface area contributed by atoms with Gasteiger partial charge >= 0.3 is 0 Å². The maximum Gasteiger partial charge on any atom is 0.219 e. The summed E-state index contributed by atoms with van der Waals surface area (Å²) >= 11 is 0. The van der Waals surface area contributed by atoms with Crippen LogP contribution in [0.2, 0.25) is 0 Å². The van der Waals surface area contributed by atoms with Crippen LogP contribution in [0.3, 0.4) is 0 Å². The lowest BCUT2D eigenvalue weighted by atomic mass is 9.98. The monoisotopic (exact) mass is 424 g/mol. The van der Waals surface area contributed by atoms with Crippen molar-refractivity contribution in [2.75, 3.05) is 50.0 Å². The van der Waals surface area contributed by atoms with E-state index in [1.807, 2.05) is 6.20 Å². The highest BCUT2D eigenvalue weighted by molar-refractivity contribution is 5.70. The number of anilines is 2. The van der Waals surface area contributed by atoms with Crippen molar-refractivity contribution in [2.45, 2.75) is 39.7 Å². The van der Waals surface area contributed by atoms with Crippen LogP contribution in [0.25, 0.3) is 16.9 Å². The lowest BCUT2D eigenvalue weighted by Gasteiger charge is -2.36. The minimum atomic E-state index is -0.191. The van der Waals surface area contributed by atoms with Crippen LogP contribution in [0.15, 0.2) is 24.8 Å². The average Bonchev–Trinajstić information content (AvgIpc) is 3.23. The fourth-order valence-corrected chi connectivity index (χ4v) is 4.14. The van der Waals surface area contributed by atoms with Crippen molar-refractivity contribution in [1.82, 2.24) is 29.2 Å². The summed E-state index contributed by atoms with van der Waals surface area (Å²) in [5, 5.41) is 0. The molecule has 4 heterocycles. The highest BCUT2D eigenvalue weighted by Gasteiger charge is 2.31. The SMILES string of the molecule is CCCN(CC)C(C)(C)c1cn2cc(-c3cnc(N)nc3)nc(N3CCOCC3)c2n1. The summed E-state index contributed by atoms with van der Waals surface area (Å²) in [6.07, 6.45) is 8.65. The molecule has 1 fully saturated rings. The molecule has 0 radical (unpaired) electrons. The van der Waals surface area contributed by atoms with Crippen LogP contribution in [-0.2, 0) is 10.3 Å². The smallest absolute Gasteiger partial charge is 0.219 e. The molecule has 3 aromatic heterocycles. The molecule has 0 atom stereocenters. The quantitative estimate of drug-likeness (QED) is 0.618. The third-order valence-electron chi connectivity index (χ3n) is 5.99. The molecule has 166 valence electrons. The van der Waals surface area contributed by atoms with Crippen molar-refractivity contribution in [3.63, 3.8) is 0 Å². The molecule has 31 heavy (non-hydrogen) atoms. The molecule has 1 aliphatic rings. The lowest BCUT2D eigenvalue weighted by Crippen LogP contribution is -2.42. The molecule has 3 aromatic rings. The van der Waals surface area contributed by atoms with Crippen LogP contribution in [0, 0.1) is 0 Å². The first-order valence-electron chi connectivity index (χ1n) is 11.0. The fourth-order valence-electron chi connectivity index (χ4n) is 4.14. The van der Waals surface area contributed by atoms with Crippen molar-refractivity contribution in [3.8, 4) is 11.3 Å². The van der Waals surface area contributed by atoms with Gasteiger partial charge in [-0.15, -0.1) is 0 Å². The molecule has 0 aliphatic carbocycles. The number of nitrogen functional groups attached to an aromatic ring is 1. The minimum Gasteiger partial charge on any atom is -0.378 e. The predicted octanol–water partition coefficient (Wildman–Crippen LogP) is 2.57. The van der Waals surface area contributed by atoms with Crippen LogP contribution < -0.4 is 10.6 Å². The number of fused-ring (bicyclic) bond motifs is 1. The van der Waals surface area contributed by atoms with Crippen LogP contribution in [0.1, 0.15) is 39.8 Å². The van der Waals surface area contributed by atoms with Crippen LogP contribution >= 0.6 is 0 Å². The summed E-state index contributed by atoms with van der Waals surface area (Å²) in [4.78, 5) is 23.0. The van der Waals surface area contributed by atoms with E-state index in [0.717, 1.165) is 61.0 Å². The Balaban J connectivity index is 1.84. The Kier molecular flexibility index (Phi) is 6.06. The third kappa shape index (κ3) is 4.20. The van der Waals surface area contributed by atoms with Gasteiger partial charge in [-0.2, -0.15) is 0 Å². The maximum atomic E-state index is 5.67. The topological polar surface area (TPSA) is 97.7 Å². The van der Waals surface area contributed by atoms with Gasteiger partial charge in [0, 0.05) is 43.4 Å². The first-order chi connectivity index (χ1) is 14.9. The minimum absolute atomic E-state index is 0.191. The Hall–Kier alpha value is -2.78. The summed E-state index contributed by atoms with van der Waals surface area (Å²) < 4.78 is 7.64. The number of hydrogen-bond donors (Lipinski definition) is 1. The number of imidazole rings is 1. The molecule has 2 N–H and O–H groups in total. The second kappa shape index (κ2) is 8.76. The molecular weight excluding hydrogens is 392 g/mol. The second-order valence-corrected chi connectivity index (χ2v) is 8.37. The molecule has 1 aliphatic heterocycles. The summed E-state index contributed by atoms with van der Waals surface area (Å²) in [6.45, 7) is 13.8. The summed E-state index contributed by atoms with van der Waals surface area (Å²) in [5.74, 6) is 1.11. The van der Waals surface area contributed by atoms with Crippen molar-refractivity contribution in [3.05, 3.63) is 30.5 Å². The number of rotatable bonds is 7. The van der Waals surface area contributed by atoms with Gasteiger partial charge in [-0.05, 0) is 33.4 Å². The van der Waals surface area contributed by atoms with E-state index in [1.165, 1.54) is 0 Å². The van der Waals surface area contributed by atoms with E-state index < -0.39 is 0 Å². The van der Waals surface area contributed by atoms with Gasteiger partial charge in [0.1, 0.15) is 0 Å². The first kappa shape index (κ1) is 21.5. The summed E-state index contributed by atoms with van der Waals surface area (Å²) in [5.41, 5.74) is 8.98. The van der Waals surface area contributed by atoms with E-state index in [2.05, 4.69) is 58.1 Å². The number of hydrogen-bond acceptors (Lipinski definition) is 8. The van der Waals surface area contributed by atoms with Crippen molar-refractivity contribution in [1.29, 1.82) is 0 Å². The largest absolute Gasteiger partial charge is 0.378 e. The highest BCUT2D eigenvalue weighted by atomic mass is 16.5. The maximum absolute atomic E-state index is 5.67. The van der Waals surface area contributed by atoms with E-state index in [0.29, 0.717) is 13.2 Å². The Morgan fingerprint density at radius 2 is 1.81 bits per heavy atom. The molecular formula is C22H32N8O. The van der Waals surface area contributed by atoms with Gasteiger partial charge < -0.3 is 19.8 Å². The predicted molar refractivity (Wildman–Crippen MR) is 122 cm³/mol. The molecule has 1 saturated heterocycles. The molecule has 0 spiro atoms. The molecule has 9 heteroatoms. The Morgan fingerprint density at radius 1 is 1.10 bits per heavy atom. The zero-order valence-electron chi connectivity index (χ0n) is 18.9. The fraction of sp³-hybridized carbons (Fsp3) is 0.545. The number of nitrogens with zero attached hydrogens (tertiary/aromatic N) is 7. The Morgan fingerprint density at radius 3 is 2.45 bits per heavy atom. The molecule has 0 bridgehead atoms. The molecule has 4 rings (SSSR count). The third-order valence-corrected chi connectivity index (χ3v) is 5.99. The Labute approximate surface area is 183 Å². The van der Waals surface area contributed by atoms with Gasteiger partial charge in [-0.3, -0.25) is 4.90 Å². The first-order valence-corrected chi connectivity index (χ1v) is 11.0. The Bertz CT molecular complexity index is 1020. The van der Waals surface area contributed by atoms with E-state index >= 15 is 0 Å². The van der Waals surface area contributed by atoms with Gasteiger partial charge in [0.25, 0.3) is 0 Å². The van der Waals surface area contributed by atoms with Crippen molar-refractivity contribution in [2.24, 2.45) is 0 Å². The number of aromatic nitrogens is 5. The number of morpholine rings is 1. The van der Waals surface area contributed by atoms with Gasteiger partial charge in [0.15, 0.2) is 11.5 Å². The molecule has 0 aromatic carbocycles. The van der Waals surface area contributed by atoms with Crippen molar-refractivity contribution >= 4 is 17.4 Å². The van der Waals surface area contributed by atoms with Gasteiger partial charge in [-0.25, -0.2) is 19.9 Å². The molecule has 0 amide bonds. The summed E-state index contributed by atoms with van der Waals surface area (Å²) in [7, 11) is 0. The van der Waals surface area contributed by atoms with E-state index in [-0.39, 0.29) is 11.5 Å². The van der Waals surface area contributed by atoms with Crippen molar-refractivity contribution < 1.29 is 4.74 Å². The zero-order valence-corrected chi connectivity index (χ0v) is 18.9. The second-order valence-electron chi connectivity index (χ2n) is 8.37. The van der Waals surface area contributed by atoms with E-state index in [1.54, 1.807) is 12.4 Å². The van der Waals surface area contributed by atoms with Gasteiger partial charge in [0.2, 0.25) is 5.95 Å². The number of ether oxygens (including phenoxy) is 1. The van der Waals surface area contributed by atoms with Crippen LogP contribution in [0.5, 0.6) is 0 Å². The molecule has 0 unspecified atom stereocenters. The van der Waals surface area contributed by atoms with E-state index in [4.69, 9.17) is 20.4 Å². The van der Waals surface area contributed by atoms with Crippen LogP contribution in [0.4, 0.5) is 11.8 Å². The zero-order chi connectivity index (χ0) is 22.0. The molecule has 9 nitrogen and oxygen atoms in total. The number of nitrogens with two attached hydrogens (primary N) is 1.